The van der Waals surface area contributed by atoms with E-state index in [2.05, 4.69) is 16.9 Å². The molecule has 1 fully saturated rings. The SMILES string of the molecule is CN1C2CCC1c1sc(=O)[nH]c1C2. The zero-order valence-corrected chi connectivity index (χ0v) is 8.36. The molecule has 3 nitrogen and oxygen atoms in total. The Hall–Kier alpha value is -0.610. The van der Waals surface area contributed by atoms with Gasteiger partial charge in [0.1, 0.15) is 0 Å². The van der Waals surface area contributed by atoms with Gasteiger partial charge in [-0.15, -0.1) is 0 Å². The normalized spacial score (nSPS) is 32.1. The highest BCUT2D eigenvalue weighted by Crippen LogP contribution is 2.42. The Morgan fingerprint density at radius 2 is 2.38 bits per heavy atom. The van der Waals surface area contributed by atoms with Gasteiger partial charge in [0, 0.05) is 29.1 Å². The fourth-order valence-corrected chi connectivity index (χ4v) is 3.65. The largest absolute Gasteiger partial charge is 0.316 e. The van der Waals surface area contributed by atoms with Gasteiger partial charge in [-0.05, 0) is 19.9 Å². The number of fused-ring (bicyclic) bond motifs is 4. The Bertz CT molecular complexity index is 395. The van der Waals surface area contributed by atoms with Crippen LogP contribution in [0.15, 0.2) is 4.79 Å². The van der Waals surface area contributed by atoms with Crippen LogP contribution in [0.4, 0.5) is 0 Å². The molecule has 2 aliphatic rings. The van der Waals surface area contributed by atoms with Crippen molar-refractivity contribution in [3.05, 3.63) is 20.2 Å². The molecular formula is C9H12N2OS. The third-order valence-electron chi connectivity index (χ3n) is 3.34. The van der Waals surface area contributed by atoms with E-state index in [9.17, 15) is 4.79 Å². The second-order valence-corrected chi connectivity index (χ2v) is 4.99. The molecule has 0 saturated carbocycles. The second-order valence-electron chi connectivity index (χ2n) is 3.97. The fourth-order valence-electron chi connectivity index (χ4n) is 2.60. The van der Waals surface area contributed by atoms with Crippen molar-refractivity contribution in [2.24, 2.45) is 0 Å². The minimum absolute atomic E-state index is 0.117. The van der Waals surface area contributed by atoms with Crippen molar-refractivity contribution < 1.29 is 0 Å². The smallest absolute Gasteiger partial charge is 0.304 e. The molecule has 2 bridgehead atoms. The third-order valence-corrected chi connectivity index (χ3v) is 4.36. The molecule has 0 amide bonds. The molecule has 70 valence electrons. The molecule has 3 rings (SSSR count). The van der Waals surface area contributed by atoms with E-state index >= 15 is 0 Å². The molecule has 0 radical (unpaired) electrons. The Morgan fingerprint density at radius 1 is 1.54 bits per heavy atom. The van der Waals surface area contributed by atoms with E-state index in [0.717, 1.165) is 6.42 Å². The number of likely N-dealkylation sites (N-methyl/N-ethyl adjacent to an activating group) is 1. The highest BCUT2D eigenvalue weighted by molar-refractivity contribution is 7.09. The van der Waals surface area contributed by atoms with Gasteiger partial charge in [0.15, 0.2) is 0 Å². The van der Waals surface area contributed by atoms with E-state index in [1.54, 1.807) is 0 Å². The van der Waals surface area contributed by atoms with Crippen molar-refractivity contribution in [2.75, 3.05) is 7.05 Å². The van der Waals surface area contributed by atoms with Gasteiger partial charge in [-0.25, -0.2) is 0 Å². The maximum absolute atomic E-state index is 11.2. The highest BCUT2D eigenvalue weighted by Gasteiger charge is 2.39. The molecular weight excluding hydrogens is 184 g/mol. The molecule has 4 heteroatoms. The van der Waals surface area contributed by atoms with Gasteiger partial charge in [0.05, 0.1) is 0 Å². The van der Waals surface area contributed by atoms with E-state index in [1.165, 1.54) is 34.7 Å². The van der Waals surface area contributed by atoms with Crippen LogP contribution >= 0.6 is 11.3 Å². The van der Waals surface area contributed by atoms with E-state index < -0.39 is 0 Å². The topological polar surface area (TPSA) is 36.1 Å². The molecule has 1 saturated heterocycles. The van der Waals surface area contributed by atoms with Crippen molar-refractivity contribution in [3.8, 4) is 0 Å². The van der Waals surface area contributed by atoms with Gasteiger partial charge in [-0.2, -0.15) is 0 Å². The lowest BCUT2D eigenvalue weighted by Gasteiger charge is -2.30. The Kier molecular flexibility index (Phi) is 1.46. The van der Waals surface area contributed by atoms with Crippen LogP contribution in [0.2, 0.25) is 0 Å². The summed E-state index contributed by atoms with van der Waals surface area (Å²) >= 11 is 1.40. The lowest BCUT2D eigenvalue weighted by Crippen LogP contribution is -2.33. The number of thiazole rings is 1. The van der Waals surface area contributed by atoms with Crippen LogP contribution in [-0.4, -0.2) is 23.0 Å². The predicted octanol–water partition coefficient (Wildman–Crippen LogP) is 1.13. The molecule has 13 heavy (non-hydrogen) atoms. The van der Waals surface area contributed by atoms with Gasteiger partial charge < -0.3 is 4.98 Å². The van der Waals surface area contributed by atoms with Gasteiger partial charge in [0.25, 0.3) is 0 Å². The molecule has 1 N–H and O–H groups in total. The Morgan fingerprint density at radius 3 is 3.23 bits per heavy atom. The van der Waals surface area contributed by atoms with Crippen molar-refractivity contribution in [1.29, 1.82) is 0 Å². The zero-order chi connectivity index (χ0) is 9.00. The molecule has 0 aromatic carbocycles. The molecule has 0 aliphatic carbocycles. The summed E-state index contributed by atoms with van der Waals surface area (Å²) in [5, 5.41) is 0. The van der Waals surface area contributed by atoms with Gasteiger partial charge in [-0.3, -0.25) is 9.69 Å². The minimum Gasteiger partial charge on any atom is -0.316 e. The maximum Gasteiger partial charge on any atom is 0.304 e. The molecule has 3 heterocycles. The summed E-state index contributed by atoms with van der Waals surface area (Å²) in [7, 11) is 2.18. The third kappa shape index (κ3) is 0.957. The summed E-state index contributed by atoms with van der Waals surface area (Å²) in [5.74, 6) is 0. The average molecular weight is 196 g/mol. The Labute approximate surface area is 80.4 Å². The van der Waals surface area contributed by atoms with Crippen molar-refractivity contribution >= 4 is 11.3 Å². The quantitative estimate of drug-likeness (QED) is 0.675. The lowest BCUT2D eigenvalue weighted by molar-refractivity contribution is 0.226. The first kappa shape index (κ1) is 7.76. The fraction of sp³-hybridized carbons (Fsp3) is 0.667. The highest BCUT2D eigenvalue weighted by atomic mass is 32.1. The average Bonchev–Trinajstić information content (AvgIpc) is 2.54. The summed E-state index contributed by atoms with van der Waals surface area (Å²) in [6.07, 6.45) is 3.55. The number of rotatable bonds is 0. The van der Waals surface area contributed by atoms with Crippen LogP contribution in [-0.2, 0) is 6.42 Å². The minimum atomic E-state index is 0.117. The molecule has 0 spiro atoms. The summed E-state index contributed by atoms with van der Waals surface area (Å²) < 4.78 is 0. The number of nitrogens with one attached hydrogen (secondary N) is 1. The summed E-state index contributed by atoms with van der Waals surface area (Å²) in [6, 6.07) is 1.19. The van der Waals surface area contributed by atoms with Crippen molar-refractivity contribution in [1.82, 2.24) is 9.88 Å². The predicted molar refractivity (Wildman–Crippen MR) is 52.2 cm³/mol. The van der Waals surface area contributed by atoms with Crippen LogP contribution in [0.25, 0.3) is 0 Å². The summed E-state index contributed by atoms with van der Waals surface area (Å²) in [5.41, 5.74) is 1.21. The number of aromatic amines is 1. The molecule has 2 unspecified atom stereocenters. The van der Waals surface area contributed by atoms with Crippen molar-refractivity contribution in [2.45, 2.75) is 31.3 Å². The molecule has 1 aromatic rings. The van der Waals surface area contributed by atoms with E-state index in [0.29, 0.717) is 12.1 Å². The van der Waals surface area contributed by atoms with Gasteiger partial charge >= 0.3 is 4.87 Å². The van der Waals surface area contributed by atoms with E-state index in [-0.39, 0.29) is 4.87 Å². The first-order valence-corrected chi connectivity index (χ1v) is 5.51. The first-order valence-electron chi connectivity index (χ1n) is 4.69. The number of nitrogens with zero attached hydrogens (tertiary/aromatic N) is 1. The number of aromatic nitrogens is 1. The maximum atomic E-state index is 11.2. The van der Waals surface area contributed by atoms with E-state index in [1.807, 2.05) is 0 Å². The monoisotopic (exact) mass is 196 g/mol. The number of hydrogen-bond acceptors (Lipinski definition) is 3. The standard InChI is InChI=1S/C9H12N2OS/c1-11-5-2-3-7(11)8-6(4-5)10-9(12)13-8/h5,7H,2-4H2,1H3,(H,10,12). The Balaban J connectivity index is 2.16. The number of hydrogen-bond donors (Lipinski definition) is 1. The lowest BCUT2D eigenvalue weighted by atomic mass is 10.1. The summed E-state index contributed by atoms with van der Waals surface area (Å²) in [6.45, 7) is 0. The van der Waals surface area contributed by atoms with Crippen LogP contribution in [0.5, 0.6) is 0 Å². The van der Waals surface area contributed by atoms with E-state index in [4.69, 9.17) is 0 Å². The van der Waals surface area contributed by atoms with Crippen LogP contribution < -0.4 is 4.87 Å². The summed E-state index contributed by atoms with van der Waals surface area (Å²) in [4.78, 5) is 18.0. The number of H-pyrrole nitrogens is 1. The molecule has 2 atom stereocenters. The van der Waals surface area contributed by atoms with Crippen LogP contribution in [0.3, 0.4) is 0 Å². The first-order chi connectivity index (χ1) is 6.25. The van der Waals surface area contributed by atoms with Crippen LogP contribution in [0.1, 0.15) is 29.5 Å². The van der Waals surface area contributed by atoms with Gasteiger partial charge in [-0.1, -0.05) is 11.3 Å². The molecule has 1 aromatic heterocycles. The van der Waals surface area contributed by atoms with Crippen LogP contribution in [0, 0.1) is 0 Å². The second kappa shape index (κ2) is 2.45. The van der Waals surface area contributed by atoms with Gasteiger partial charge in [0.2, 0.25) is 0 Å². The van der Waals surface area contributed by atoms with Crippen molar-refractivity contribution in [3.63, 3.8) is 0 Å². The molecule has 2 aliphatic heterocycles. The zero-order valence-electron chi connectivity index (χ0n) is 7.54.